The Kier molecular flexibility index (Phi) is 8.77. The van der Waals surface area contributed by atoms with Crippen molar-refractivity contribution in [1.29, 1.82) is 0 Å². The van der Waals surface area contributed by atoms with Gasteiger partial charge in [0.25, 0.3) is 5.91 Å². The first-order chi connectivity index (χ1) is 14.3. The Morgan fingerprint density at radius 2 is 1.70 bits per heavy atom. The van der Waals surface area contributed by atoms with Gasteiger partial charge in [-0.15, -0.1) is 0 Å². The average molecular weight is 418 g/mol. The molecule has 30 heavy (non-hydrogen) atoms. The summed E-state index contributed by atoms with van der Waals surface area (Å²) in [5.74, 6) is -1.73. The molecule has 2 atom stereocenters. The summed E-state index contributed by atoms with van der Waals surface area (Å²) in [6.07, 6.45) is 1.14. The Hall–Kier alpha value is -2.96. The van der Waals surface area contributed by atoms with Crippen molar-refractivity contribution < 1.29 is 23.1 Å². The molecule has 2 rings (SSSR count). The van der Waals surface area contributed by atoms with Crippen LogP contribution in [0.5, 0.6) is 5.75 Å². The van der Waals surface area contributed by atoms with Gasteiger partial charge in [0, 0.05) is 12.6 Å². The lowest BCUT2D eigenvalue weighted by Gasteiger charge is -2.31. The number of para-hydroxylation sites is 1. The molecule has 0 saturated carbocycles. The Labute approximate surface area is 176 Å². The van der Waals surface area contributed by atoms with E-state index < -0.39 is 24.4 Å². The number of nitrogens with zero attached hydrogens (tertiary/aromatic N) is 1. The zero-order valence-corrected chi connectivity index (χ0v) is 17.5. The summed E-state index contributed by atoms with van der Waals surface area (Å²) in [5, 5.41) is 2.90. The van der Waals surface area contributed by atoms with Crippen LogP contribution in [-0.2, 0) is 16.1 Å². The van der Waals surface area contributed by atoms with Gasteiger partial charge in [-0.25, -0.2) is 8.78 Å². The fourth-order valence-corrected chi connectivity index (χ4v) is 2.93. The average Bonchev–Trinajstić information content (AvgIpc) is 2.74. The maximum atomic E-state index is 13.8. The molecule has 5 nitrogen and oxygen atoms in total. The van der Waals surface area contributed by atoms with Crippen molar-refractivity contribution in [3.63, 3.8) is 0 Å². The van der Waals surface area contributed by atoms with Crippen LogP contribution in [0.15, 0.2) is 48.5 Å². The van der Waals surface area contributed by atoms with Crippen LogP contribution >= 0.6 is 0 Å². The number of benzene rings is 2. The number of hydrogen-bond donors (Lipinski definition) is 1. The van der Waals surface area contributed by atoms with E-state index in [1.54, 1.807) is 18.2 Å². The first-order valence-electron chi connectivity index (χ1n) is 10.1. The highest BCUT2D eigenvalue weighted by atomic mass is 19.1. The molecular weight excluding hydrogens is 390 g/mol. The van der Waals surface area contributed by atoms with Crippen molar-refractivity contribution in [2.24, 2.45) is 0 Å². The smallest absolute Gasteiger partial charge is 0.261 e. The van der Waals surface area contributed by atoms with Gasteiger partial charge in [-0.1, -0.05) is 38.1 Å². The van der Waals surface area contributed by atoms with E-state index in [9.17, 15) is 18.4 Å². The number of nitrogens with one attached hydrogen (secondary N) is 1. The van der Waals surface area contributed by atoms with Gasteiger partial charge in [0.1, 0.15) is 11.9 Å². The van der Waals surface area contributed by atoms with E-state index in [1.165, 1.54) is 35.2 Å². The molecule has 0 aliphatic heterocycles. The van der Waals surface area contributed by atoms with Crippen LogP contribution in [0.25, 0.3) is 0 Å². The van der Waals surface area contributed by atoms with E-state index in [1.807, 2.05) is 20.8 Å². The molecule has 0 aromatic heterocycles. The van der Waals surface area contributed by atoms with E-state index >= 15 is 0 Å². The lowest BCUT2D eigenvalue weighted by molar-refractivity contribution is -0.143. The zero-order chi connectivity index (χ0) is 22.1. The minimum atomic E-state index is -0.735. The molecule has 1 N–H and O–H groups in total. The van der Waals surface area contributed by atoms with E-state index in [0.29, 0.717) is 12.0 Å². The molecule has 0 aliphatic rings. The summed E-state index contributed by atoms with van der Waals surface area (Å²) in [4.78, 5) is 27.2. The normalized spacial score (nSPS) is 12.7. The highest BCUT2D eigenvalue weighted by molar-refractivity contribution is 5.88. The monoisotopic (exact) mass is 418 g/mol. The minimum Gasteiger partial charge on any atom is -0.481 e. The van der Waals surface area contributed by atoms with E-state index in [-0.39, 0.29) is 30.1 Å². The number of ether oxygens (including phenoxy) is 1. The van der Waals surface area contributed by atoms with Gasteiger partial charge < -0.3 is 15.0 Å². The van der Waals surface area contributed by atoms with E-state index in [2.05, 4.69) is 5.32 Å². The largest absolute Gasteiger partial charge is 0.481 e. The maximum Gasteiger partial charge on any atom is 0.261 e. The molecule has 162 valence electrons. The number of carbonyl (C=O) groups excluding carboxylic acids is 2. The van der Waals surface area contributed by atoms with Crippen LogP contribution in [0.4, 0.5) is 8.78 Å². The lowest BCUT2D eigenvalue weighted by atomic mass is 10.1. The summed E-state index contributed by atoms with van der Waals surface area (Å²) >= 11 is 0. The molecular formula is C23H28F2N2O3. The fourth-order valence-electron chi connectivity index (χ4n) is 2.93. The van der Waals surface area contributed by atoms with Gasteiger partial charge in [-0.3, -0.25) is 9.59 Å². The number of carbonyl (C=O) groups is 2. The molecule has 0 bridgehead atoms. The summed E-state index contributed by atoms with van der Waals surface area (Å²) in [7, 11) is 0. The quantitative estimate of drug-likeness (QED) is 0.633. The topological polar surface area (TPSA) is 58.6 Å². The number of rotatable bonds is 10. The number of halogens is 2. The van der Waals surface area contributed by atoms with Gasteiger partial charge in [0.15, 0.2) is 18.2 Å². The third-order valence-electron chi connectivity index (χ3n) is 4.84. The maximum absolute atomic E-state index is 13.8. The highest BCUT2D eigenvalue weighted by Crippen LogP contribution is 2.17. The zero-order valence-electron chi connectivity index (χ0n) is 17.5. The van der Waals surface area contributed by atoms with Gasteiger partial charge >= 0.3 is 0 Å². The van der Waals surface area contributed by atoms with Crippen LogP contribution < -0.4 is 10.1 Å². The third kappa shape index (κ3) is 6.54. The first kappa shape index (κ1) is 23.3. The van der Waals surface area contributed by atoms with Crippen LogP contribution in [0.3, 0.4) is 0 Å². The predicted molar refractivity (Wildman–Crippen MR) is 111 cm³/mol. The highest BCUT2D eigenvalue weighted by Gasteiger charge is 2.29. The molecule has 0 saturated heterocycles. The van der Waals surface area contributed by atoms with Crippen LogP contribution in [0, 0.1) is 11.6 Å². The third-order valence-corrected chi connectivity index (χ3v) is 4.84. The molecule has 2 aromatic carbocycles. The van der Waals surface area contributed by atoms with E-state index in [4.69, 9.17) is 4.74 Å². The molecule has 2 unspecified atom stereocenters. The summed E-state index contributed by atoms with van der Waals surface area (Å²) < 4.78 is 32.4. The standard InChI is InChI=1S/C23H28F2N2O3/c1-4-16(3)26-23(29)20(5-2)27(14-17-10-12-18(24)13-11-17)22(28)15-30-21-9-7-6-8-19(21)25/h6-13,16,20H,4-5,14-15H2,1-3H3,(H,26,29). The van der Waals surface area contributed by atoms with Gasteiger partial charge in [0.2, 0.25) is 5.91 Å². The second-order valence-electron chi connectivity index (χ2n) is 7.11. The van der Waals surface area contributed by atoms with Crippen molar-refractivity contribution in [2.45, 2.75) is 52.2 Å². The van der Waals surface area contributed by atoms with Crippen LogP contribution in [-0.4, -0.2) is 35.4 Å². The second kappa shape index (κ2) is 11.3. The fraction of sp³-hybridized carbons (Fsp3) is 0.391. The number of amides is 2. The van der Waals surface area contributed by atoms with E-state index in [0.717, 1.165) is 6.42 Å². The molecule has 2 aromatic rings. The van der Waals surface area contributed by atoms with Crippen LogP contribution in [0.1, 0.15) is 39.2 Å². The van der Waals surface area contributed by atoms with Crippen LogP contribution in [0.2, 0.25) is 0 Å². The van der Waals surface area contributed by atoms with Gasteiger partial charge in [0.05, 0.1) is 0 Å². The summed E-state index contributed by atoms with van der Waals surface area (Å²) in [5.41, 5.74) is 0.672. The van der Waals surface area contributed by atoms with Crippen molar-refractivity contribution in [1.82, 2.24) is 10.2 Å². The second-order valence-corrected chi connectivity index (χ2v) is 7.11. The molecule has 0 aliphatic carbocycles. The molecule has 0 spiro atoms. The SMILES string of the molecule is CCC(C)NC(=O)C(CC)N(Cc1ccc(F)cc1)C(=O)COc1ccccc1F. The minimum absolute atomic E-state index is 0.0373. The van der Waals surface area contributed by atoms with Crippen molar-refractivity contribution >= 4 is 11.8 Å². The van der Waals surface area contributed by atoms with Crippen molar-refractivity contribution in [2.75, 3.05) is 6.61 Å². The lowest BCUT2D eigenvalue weighted by Crippen LogP contribution is -2.51. The van der Waals surface area contributed by atoms with Crippen molar-refractivity contribution in [3.8, 4) is 5.75 Å². The summed E-state index contributed by atoms with van der Waals surface area (Å²) in [6, 6.07) is 10.8. The Morgan fingerprint density at radius 3 is 2.30 bits per heavy atom. The molecule has 7 heteroatoms. The molecule has 0 fully saturated rings. The molecule has 0 radical (unpaired) electrons. The number of hydrogen-bond acceptors (Lipinski definition) is 3. The summed E-state index contributed by atoms with van der Waals surface area (Å²) in [6.45, 7) is 5.33. The van der Waals surface area contributed by atoms with Gasteiger partial charge in [-0.05, 0) is 49.6 Å². The predicted octanol–water partition coefficient (Wildman–Crippen LogP) is 4.07. The molecule has 2 amide bonds. The Morgan fingerprint density at radius 1 is 1.03 bits per heavy atom. The van der Waals surface area contributed by atoms with Crippen molar-refractivity contribution in [3.05, 3.63) is 65.7 Å². The Bertz CT molecular complexity index is 843. The first-order valence-corrected chi connectivity index (χ1v) is 10.1. The molecule has 0 heterocycles. The van der Waals surface area contributed by atoms with Gasteiger partial charge in [-0.2, -0.15) is 0 Å². The Balaban J connectivity index is 2.21.